The van der Waals surface area contributed by atoms with Gasteiger partial charge in [-0.15, -0.1) is 24.0 Å². The number of halogens is 1. The molecule has 2 aromatic carbocycles. The van der Waals surface area contributed by atoms with Crippen molar-refractivity contribution in [3.8, 4) is 17.2 Å². The Bertz CT molecular complexity index is 753. The maximum absolute atomic E-state index is 9.91. The van der Waals surface area contributed by atoms with Gasteiger partial charge in [0.1, 0.15) is 5.75 Å². The van der Waals surface area contributed by atoms with Crippen molar-refractivity contribution >= 4 is 29.9 Å². The predicted octanol–water partition coefficient (Wildman–Crippen LogP) is 3.62. The molecule has 6 nitrogen and oxygen atoms in total. The summed E-state index contributed by atoms with van der Waals surface area (Å²) in [7, 11) is 5.19. The molecule has 0 unspecified atom stereocenters. The van der Waals surface area contributed by atoms with E-state index in [9.17, 15) is 5.11 Å². The monoisotopic (exact) mass is 485 g/mol. The van der Waals surface area contributed by atoms with Gasteiger partial charge in [0.25, 0.3) is 0 Å². The normalized spacial score (nSPS) is 10.7. The van der Waals surface area contributed by atoms with E-state index < -0.39 is 0 Å². The second-order valence-corrected chi connectivity index (χ2v) is 5.84. The molecule has 27 heavy (non-hydrogen) atoms. The van der Waals surface area contributed by atoms with E-state index in [1.54, 1.807) is 19.2 Å². The molecule has 2 rings (SSSR count). The molecule has 0 aliphatic heterocycles. The van der Waals surface area contributed by atoms with Crippen molar-refractivity contribution in [3.63, 3.8) is 0 Å². The van der Waals surface area contributed by atoms with E-state index >= 15 is 0 Å². The van der Waals surface area contributed by atoms with Crippen LogP contribution < -0.4 is 14.8 Å². The molecule has 7 heteroatoms. The molecule has 0 radical (unpaired) electrons. The summed E-state index contributed by atoms with van der Waals surface area (Å²) < 4.78 is 10.5. The minimum absolute atomic E-state index is 0. The number of guanidine groups is 1. The molecule has 0 saturated carbocycles. The number of phenolic OH excluding ortho intramolecular Hbond substituents is 1. The van der Waals surface area contributed by atoms with Gasteiger partial charge in [-0.3, -0.25) is 0 Å². The number of para-hydroxylation sites is 1. The van der Waals surface area contributed by atoms with Crippen molar-refractivity contribution in [2.45, 2.75) is 20.0 Å². The highest BCUT2D eigenvalue weighted by atomic mass is 127. The summed E-state index contributed by atoms with van der Waals surface area (Å²) in [5, 5.41) is 13.2. The van der Waals surface area contributed by atoms with Gasteiger partial charge < -0.3 is 24.8 Å². The molecule has 0 amide bonds. The molecule has 148 valence electrons. The van der Waals surface area contributed by atoms with Crippen molar-refractivity contribution in [3.05, 3.63) is 53.6 Å². The third-order valence-electron chi connectivity index (χ3n) is 3.95. The van der Waals surface area contributed by atoms with Gasteiger partial charge in [-0.05, 0) is 30.7 Å². The van der Waals surface area contributed by atoms with Crippen LogP contribution >= 0.6 is 24.0 Å². The van der Waals surface area contributed by atoms with Gasteiger partial charge in [-0.25, -0.2) is 4.99 Å². The van der Waals surface area contributed by atoms with Gasteiger partial charge in [0.05, 0.1) is 20.8 Å². The molecular weight excluding hydrogens is 457 g/mol. The average molecular weight is 485 g/mol. The maximum atomic E-state index is 9.91. The van der Waals surface area contributed by atoms with Crippen LogP contribution in [0.1, 0.15) is 18.1 Å². The minimum Gasteiger partial charge on any atom is -0.504 e. The first-order chi connectivity index (χ1) is 12.6. The number of ether oxygens (including phenoxy) is 2. The highest BCUT2D eigenvalue weighted by Crippen LogP contribution is 2.26. The van der Waals surface area contributed by atoms with Crippen LogP contribution in [0, 0.1) is 0 Å². The maximum Gasteiger partial charge on any atom is 0.194 e. The number of phenols is 1. The van der Waals surface area contributed by atoms with Crippen molar-refractivity contribution < 1.29 is 14.6 Å². The van der Waals surface area contributed by atoms with Gasteiger partial charge in [0.15, 0.2) is 17.5 Å². The van der Waals surface area contributed by atoms with Crippen molar-refractivity contribution in [2.75, 3.05) is 27.8 Å². The zero-order valence-corrected chi connectivity index (χ0v) is 18.6. The first kappa shape index (κ1) is 22.9. The van der Waals surface area contributed by atoms with Gasteiger partial charge in [-0.1, -0.05) is 24.3 Å². The Morgan fingerprint density at radius 1 is 1.11 bits per heavy atom. The number of aromatic hydroxyl groups is 1. The number of aliphatic imine (C=N–C) groups is 1. The summed E-state index contributed by atoms with van der Waals surface area (Å²) >= 11 is 0. The van der Waals surface area contributed by atoms with Crippen LogP contribution in [0.15, 0.2) is 47.5 Å². The number of methoxy groups -OCH3 is 2. The standard InChI is InChI=1S/C20H27N3O3.HI/c1-5-21-20(22-13-15-10-11-19(26-4)17(24)12-15)23(2)14-16-8-6-7-9-18(16)25-3;/h6-12,24H,5,13-14H2,1-4H3,(H,21,22);1H. The third-order valence-corrected chi connectivity index (χ3v) is 3.95. The van der Waals surface area contributed by atoms with Gasteiger partial charge in [0, 0.05) is 25.7 Å². The van der Waals surface area contributed by atoms with E-state index in [4.69, 9.17) is 9.47 Å². The highest BCUT2D eigenvalue weighted by molar-refractivity contribution is 14.0. The number of nitrogens with zero attached hydrogens (tertiary/aromatic N) is 2. The van der Waals surface area contributed by atoms with E-state index in [1.807, 2.05) is 49.2 Å². The summed E-state index contributed by atoms with van der Waals surface area (Å²) in [6.07, 6.45) is 0. The SMILES string of the molecule is CCNC(=NCc1ccc(OC)c(O)c1)N(C)Cc1ccccc1OC.I. The van der Waals surface area contributed by atoms with Gasteiger partial charge in [-0.2, -0.15) is 0 Å². The fourth-order valence-electron chi connectivity index (χ4n) is 2.63. The van der Waals surface area contributed by atoms with E-state index in [2.05, 4.69) is 10.3 Å². The van der Waals surface area contributed by atoms with Crippen LogP contribution in [0.3, 0.4) is 0 Å². The van der Waals surface area contributed by atoms with E-state index in [1.165, 1.54) is 7.11 Å². The fourth-order valence-corrected chi connectivity index (χ4v) is 2.63. The minimum atomic E-state index is 0. The molecule has 0 fully saturated rings. The van der Waals surface area contributed by atoms with Crippen LogP contribution in [-0.4, -0.2) is 43.8 Å². The first-order valence-corrected chi connectivity index (χ1v) is 8.56. The third kappa shape index (κ3) is 6.50. The number of hydrogen-bond acceptors (Lipinski definition) is 4. The summed E-state index contributed by atoms with van der Waals surface area (Å²) in [6.45, 7) is 3.93. The molecule has 0 atom stereocenters. The topological polar surface area (TPSA) is 66.3 Å². The van der Waals surface area contributed by atoms with Crippen LogP contribution in [-0.2, 0) is 13.1 Å². The molecule has 2 N–H and O–H groups in total. The molecule has 0 spiro atoms. The fraction of sp³-hybridized carbons (Fsp3) is 0.350. The van der Waals surface area contributed by atoms with E-state index in [0.717, 1.165) is 29.4 Å². The molecular formula is C20H28IN3O3. The van der Waals surface area contributed by atoms with Crippen LogP contribution in [0.5, 0.6) is 17.2 Å². The second kappa shape index (κ2) is 11.5. The largest absolute Gasteiger partial charge is 0.504 e. The van der Waals surface area contributed by atoms with E-state index in [0.29, 0.717) is 18.8 Å². The van der Waals surface area contributed by atoms with Gasteiger partial charge in [0.2, 0.25) is 0 Å². The number of benzene rings is 2. The van der Waals surface area contributed by atoms with Gasteiger partial charge >= 0.3 is 0 Å². The Balaban J connectivity index is 0.00000364. The van der Waals surface area contributed by atoms with Crippen LogP contribution in [0.4, 0.5) is 0 Å². The summed E-state index contributed by atoms with van der Waals surface area (Å²) in [6, 6.07) is 13.3. The zero-order valence-electron chi connectivity index (χ0n) is 16.2. The van der Waals surface area contributed by atoms with E-state index in [-0.39, 0.29) is 29.7 Å². The molecule has 0 aromatic heterocycles. The van der Waals surface area contributed by atoms with Crippen LogP contribution in [0.2, 0.25) is 0 Å². The smallest absolute Gasteiger partial charge is 0.194 e. The summed E-state index contributed by atoms with van der Waals surface area (Å²) in [5.41, 5.74) is 1.99. The summed E-state index contributed by atoms with van der Waals surface area (Å²) in [5.74, 6) is 2.22. The first-order valence-electron chi connectivity index (χ1n) is 8.56. The Morgan fingerprint density at radius 2 is 1.81 bits per heavy atom. The lowest BCUT2D eigenvalue weighted by Crippen LogP contribution is -2.38. The Kier molecular flexibility index (Phi) is 9.77. The average Bonchev–Trinajstić information content (AvgIpc) is 2.65. The zero-order chi connectivity index (χ0) is 18.9. The van der Waals surface area contributed by atoms with Crippen molar-refractivity contribution in [1.82, 2.24) is 10.2 Å². The lowest BCUT2D eigenvalue weighted by atomic mass is 10.2. The number of hydrogen-bond donors (Lipinski definition) is 2. The quantitative estimate of drug-likeness (QED) is 0.356. The molecule has 0 aliphatic carbocycles. The molecule has 0 aliphatic rings. The Hall–Kier alpha value is -2.16. The predicted molar refractivity (Wildman–Crippen MR) is 119 cm³/mol. The van der Waals surface area contributed by atoms with Crippen LogP contribution in [0.25, 0.3) is 0 Å². The second-order valence-electron chi connectivity index (χ2n) is 5.84. The molecule has 0 heterocycles. The lowest BCUT2D eigenvalue weighted by molar-refractivity contribution is 0.373. The van der Waals surface area contributed by atoms with Crippen molar-refractivity contribution in [2.24, 2.45) is 4.99 Å². The number of nitrogens with one attached hydrogen (secondary N) is 1. The van der Waals surface area contributed by atoms with Crippen molar-refractivity contribution in [1.29, 1.82) is 0 Å². The molecule has 0 bridgehead atoms. The summed E-state index contributed by atoms with van der Waals surface area (Å²) in [4.78, 5) is 6.72. The Labute approximate surface area is 178 Å². The number of rotatable bonds is 7. The molecule has 2 aromatic rings. The molecule has 0 saturated heterocycles. The highest BCUT2D eigenvalue weighted by Gasteiger charge is 2.10. The lowest BCUT2D eigenvalue weighted by Gasteiger charge is -2.23. The Morgan fingerprint density at radius 3 is 2.44 bits per heavy atom.